The minimum atomic E-state index is -0.0182. The third kappa shape index (κ3) is 2.79. The van der Waals surface area contributed by atoms with Crippen molar-refractivity contribution in [1.82, 2.24) is 5.32 Å². The van der Waals surface area contributed by atoms with Crippen LogP contribution in [0.2, 0.25) is 0 Å². The first-order valence-electron chi connectivity index (χ1n) is 7.13. The van der Waals surface area contributed by atoms with Crippen LogP contribution in [-0.4, -0.2) is 11.3 Å². The number of thiophene rings is 1. The summed E-state index contributed by atoms with van der Waals surface area (Å²) in [7, 11) is 0. The summed E-state index contributed by atoms with van der Waals surface area (Å²) in [6, 6.07) is 9.82. The zero-order valence-corrected chi connectivity index (χ0v) is 13.4. The first kappa shape index (κ1) is 14.1. The van der Waals surface area contributed by atoms with E-state index in [4.69, 9.17) is 0 Å². The maximum atomic E-state index is 12.6. The first-order valence-corrected chi connectivity index (χ1v) is 8.01. The Bertz CT molecular complexity index is 724. The van der Waals surface area contributed by atoms with Crippen molar-refractivity contribution in [3.8, 4) is 0 Å². The zero-order chi connectivity index (χ0) is 15.0. The highest BCUT2D eigenvalue weighted by molar-refractivity contribution is 7.10. The molecule has 2 aromatic rings. The number of nitrogens with one attached hydrogen (secondary N) is 1. The van der Waals surface area contributed by atoms with Gasteiger partial charge in [-0.15, -0.1) is 11.3 Å². The van der Waals surface area contributed by atoms with E-state index in [0.29, 0.717) is 0 Å². The highest BCUT2D eigenvalue weighted by atomic mass is 32.1. The van der Waals surface area contributed by atoms with Crippen molar-refractivity contribution in [2.45, 2.75) is 32.7 Å². The Morgan fingerprint density at radius 2 is 2.05 bits per heavy atom. The summed E-state index contributed by atoms with van der Waals surface area (Å²) in [5, 5.41) is 5.60. The van der Waals surface area contributed by atoms with Crippen LogP contribution in [0.15, 0.2) is 41.8 Å². The second-order valence-electron chi connectivity index (χ2n) is 6.18. The molecule has 0 atom stereocenters. The molecule has 0 radical (unpaired) electrons. The van der Waals surface area contributed by atoms with Crippen LogP contribution < -0.4 is 5.32 Å². The molecule has 0 bridgehead atoms. The molecule has 1 aliphatic rings. The lowest BCUT2D eigenvalue weighted by Crippen LogP contribution is -2.43. The summed E-state index contributed by atoms with van der Waals surface area (Å²) in [4.78, 5) is 13.9. The topological polar surface area (TPSA) is 29.1 Å². The SMILES string of the molecule is Cc1ccccc1C(=O)/C=C1/NC(C)(C)Cc2sccc21. The fourth-order valence-corrected chi connectivity index (χ4v) is 3.88. The van der Waals surface area contributed by atoms with Crippen molar-refractivity contribution < 1.29 is 4.79 Å². The van der Waals surface area contributed by atoms with Gasteiger partial charge in [0.2, 0.25) is 0 Å². The van der Waals surface area contributed by atoms with Crippen LogP contribution in [0.4, 0.5) is 0 Å². The molecular weight excluding hydrogens is 278 g/mol. The summed E-state index contributed by atoms with van der Waals surface area (Å²) in [5.41, 5.74) is 3.87. The molecule has 2 heterocycles. The van der Waals surface area contributed by atoms with Gasteiger partial charge < -0.3 is 5.32 Å². The smallest absolute Gasteiger partial charge is 0.188 e. The lowest BCUT2D eigenvalue weighted by molar-refractivity contribution is 0.104. The fourth-order valence-electron chi connectivity index (χ4n) is 2.77. The van der Waals surface area contributed by atoms with Crippen LogP contribution in [0, 0.1) is 6.92 Å². The molecule has 2 nitrogen and oxygen atoms in total. The predicted molar refractivity (Wildman–Crippen MR) is 88.7 cm³/mol. The van der Waals surface area contributed by atoms with Crippen molar-refractivity contribution in [1.29, 1.82) is 0 Å². The molecule has 0 unspecified atom stereocenters. The van der Waals surface area contributed by atoms with Crippen molar-refractivity contribution >= 4 is 22.8 Å². The van der Waals surface area contributed by atoms with Crippen LogP contribution in [-0.2, 0) is 6.42 Å². The maximum absolute atomic E-state index is 12.6. The van der Waals surface area contributed by atoms with Crippen LogP contribution in [0.5, 0.6) is 0 Å². The van der Waals surface area contributed by atoms with Gasteiger partial charge in [0, 0.05) is 39.7 Å². The molecule has 1 aromatic heterocycles. The highest BCUT2D eigenvalue weighted by Crippen LogP contribution is 2.33. The minimum absolute atomic E-state index is 0.0182. The highest BCUT2D eigenvalue weighted by Gasteiger charge is 2.28. The third-order valence-corrected chi connectivity index (χ3v) is 4.72. The van der Waals surface area contributed by atoms with E-state index in [1.165, 1.54) is 10.4 Å². The van der Waals surface area contributed by atoms with Gasteiger partial charge in [0.1, 0.15) is 0 Å². The van der Waals surface area contributed by atoms with Gasteiger partial charge in [-0.05, 0) is 37.8 Å². The van der Waals surface area contributed by atoms with E-state index in [9.17, 15) is 4.79 Å². The molecular formula is C18H19NOS. The second kappa shape index (κ2) is 5.15. The number of hydrogen-bond acceptors (Lipinski definition) is 3. The number of rotatable bonds is 2. The standard InChI is InChI=1S/C18H19NOS/c1-12-6-4-5-7-13(12)16(20)10-15-14-8-9-21-17(14)11-18(2,3)19-15/h4-10,19H,11H2,1-3H3/b15-10+. The number of hydrogen-bond donors (Lipinski definition) is 1. The van der Waals surface area contributed by atoms with E-state index in [1.807, 2.05) is 31.2 Å². The fraction of sp³-hybridized carbons (Fsp3) is 0.278. The molecule has 1 N–H and O–H groups in total. The molecule has 108 valence electrons. The summed E-state index contributed by atoms with van der Waals surface area (Å²) in [6.07, 6.45) is 2.74. The number of carbonyl (C=O) groups excluding carboxylic acids is 1. The van der Waals surface area contributed by atoms with Gasteiger partial charge >= 0.3 is 0 Å². The summed E-state index contributed by atoms with van der Waals surface area (Å²) in [6.45, 7) is 6.31. The Kier molecular flexibility index (Phi) is 3.46. The summed E-state index contributed by atoms with van der Waals surface area (Å²) >= 11 is 1.77. The summed E-state index contributed by atoms with van der Waals surface area (Å²) < 4.78 is 0. The molecule has 0 saturated heterocycles. The van der Waals surface area contributed by atoms with Gasteiger partial charge in [0.15, 0.2) is 5.78 Å². The number of benzene rings is 1. The minimum Gasteiger partial charge on any atom is -0.379 e. The Labute approximate surface area is 129 Å². The Balaban J connectivity index is 2.01. The molecule has 0 spiro atoms. The third-order valence-electron chi connectivity index (χ3n) is 3.80. The lowest BCUT2D eigenvalue weighted by Gasteiger charge is -2.33. The normalized spacial score (nSPS) is 18.1. The largest absolute Gasteiger partial charge is 0.379 e. The van der Waals surface area contributed by atoms with Crippen LogP contribution in [0.1, 0.15) is 40.2 Å². The van der Waals surface area contributed by atoms with Gasteiger partial charge in [0.05, 0.1) is 0 Å². The van der Waals surface area contributed by atoms with Gasteiger partial charge in [0.25, 0.3) is 0 Å². The number of ketones is 1. The van der Waals surface area contributed by atoms with Gasteiger partial charge in [-0.2, -0.15) is 0 Å². The number of fused-ring (bicyclic) bond motifs is 1. The quantitative estimate of drug-likeness (QED) is 0.665. The molecule has 0 aliphatic carbocycles. The van der Waals surface area contributed by atoms with Crippen molar-refractivity contribution in [2.75, 3.05) is 0 Å². The lowest BCUT2D eigenvalue weighted by atomic mass is 9.90. The van der Waals surface area contributed by atoms with Gasteiger partial charge in [-0.25, -0.2) is 0 Å². The first-order chi connectivity index (χ1) is 9.96. The van der Waals surface area contributed by atoms with Crippen LogP contribution in [0.25, 0.3) is 5.70 Å². The van der Waals surface area contributed by atoms with Crippen LogP contribution in [0.3, 0.4) is 0 Å². The Morgan fingerprint density at radius 1 is 1.29 bits per heavy atom. The average molecular weight is 297 g/mol. The van der Waals surface area contributed by atoms with E-state index in [0.717, 1.165) is 23.2 Å². The van der Waals surface area contributed by atoms with E-state index < -0.39 is 0 Å². The molecule has 1 aromatic carbocycles. The van der Waals surface area contributed by atoms with E-state index in [2.05, 4.69) is 30.6 Å². The monoisotopic (exact) mass is 297 g/mol. The van der Waals surface area contributed by atoms with E-state index in [-0.39, 0.29) is 11.3 Å². The van der Waals surface area contributed by atoms with Crippen molar-refractivity contribution in [2.24, 2.45) is 0 Å². The molecule has 3 rings (SSSR count). The zero-order valence-electron chi connectivity index (χ0n) is 12.6. The van der Waals surface area contributed by atoms with Gasteiger partial charge in [-0.3, -0.25) is 4.79 Å². The molecule has 1 aliphatic heterocycles. The molecule has 0 saturated carbocycles. The van der Waals surface area contributed by atoms with Crippen molar-refractivity contribution in [3.63, 3.8) is 0 Å². The number of carbonyl (C=O) groups is 1. The Morgan fingerprint density at radius 3 is 2.81 bits per heavy atom. The Hall–Kier alpha value is -1.87. The van der Waals surface area contributed by atoms with Crippen LogP contribution >= 0.6 is 11.3 Å². The predicted octanol–water partition coefficient (Wildman–Crippen LogP) is 4.20. The molecule has 3 heteroatoms. The van der Waals surface area contributed by atoms with E-state index in [1.54, 1.807) is 17.4 Å². The number of aryl methyl sites for hydroxylation is 1. The average Bonchev–Trinajstić information content (AvgIpc) is 2.85. The van der Waals surface area contributed by atoms with Gasteiger partial charge in [-0.1, -0.05) is 24.3 Å². The second-order valence-corrected chi connectivity index (χ2v) is 7.18. The number of allylic oxidation sites excluding steroid dienone is 1. The molecule has 0 amide bonds. The van der Waals surface area contributed by atoms with E-state index >= 15 is 0 Å². The maximum Gasteiger partial charge on any atom is 0.188 e. The molecule has 21 heavy (non-hydrogen) atoms. The van der Waals surface area contributed by atoms with Crippen molar-refractivity contribution in [3.05, 3.63) is 63.4 Å². The molecule has 0 fully saturated rings. The summed E-state index contributed by atoms with van der Waals surface area (Å²) in [5.74, 6) is 0.0606.